The van der Waals surface area contributed by atoms with E-state index in [9.17, 15) is 0 Å². The van der Waals surface area contributed by atoms with Crippen LogP contribution in [0.4, 0.5) is 0 Å². The van der Waals surface area contributed by atoms with E-state index in [1.807, 2.05) is 0 Å². The second-order valence-corrected chi connectivity index (χ2v) is 7.50. The normalized spacial score (nSPS) is 11.0. The first-order valence-corrected chi connectivity index (χ1v) is 10.6. The molecule has 2 heteroatoms. The Morgan fingerprint density at radius 3 is 1.60 bits per heavy atom. The molecule has 0 aromatic heterocycles. The lowest BCUT2D eigenvalue weighted by Gasteiger charge is -2.13. The van der Waals surface area contributed by atoms with E-state index in [1.165, 1.54) is 87.3 Å². The number of hydrogen-bond acceptors (Lipinski definition) is 2. The van der Waals surface area contributed by atoms with Crippen LogP contribution >= 0.6 is 0 Å². The molecule has 1 aromatic carbocycles. The number of nitrogens with two attached hydrogens (primary N) is 1. The fraction of sp³-hybridized carbons (Fsp3) is 0.739. The number of unbranched alkanes of at least 4 members (excludes halogenated alkanes) is 11. The van der Waals surface area contributed by atoms with Crippen molar-refractivity contribution in [2.75, 3.05) is 6.61 Å². The van der Waals surface area contributed by atoms with Crippen LogP contribution in [0.3, 0.4) is 0 Å². The molecule has 0 atom stereocenters. The largest absolute Gasteiger partial charge is 0.493 e. The fourth-order valence-electron chi connectivity index (χ4n) is 3.50. The molecule has 2 N–H and O–H groups in total. The van der Waals surface area contributed by atoms with Gasteiger partial charge in [0.1, 0.15) is 5.75 Å². The molecule has 0 spiro atoms. The summed E-state index contributed by atoms with van der Waals surface area (Å²) in [7, 11) is 0. The molecule has 1 aromatic rings. The summed E-state index contributed by atoms with van der Waals surface area (Å²) in [4.78, 5) is 0. The molecule has 2 nitrogen and oxygen atoms in total. The van der Waals surface area contributed by atoms with Crippen LogP contribution in [0.2, 0.25) is 0 Å². The molecule has 25 heavy (non-hydrogen) atoms. The van der Waals surface area contributed by atoms with Crippen molar-refractivity contribution < 1.29 is 4.74 Å². The molecule has 0 heterocycles. The number of rotatable bonds is 15. The van der Waals surface area contributed by atoms with E-state index in [0.29, 0.717) is 6.54 Å². The highest BCUT2D eigenvalue weighted by molar-refractivity contribution is 5.43. The maximum absolute atomic E-state index is 6.02. The van der Waals surface area contributed by atoms with Gasteiger partial charge in [0.15, 0.2) is 0 Å². The number of benzene rings is 1. The van der Waals surface area contributed by atoms with E-state index in [0.717, 1.165) is 18.8 Å². The topological polar surface area (TPSA) is 35.2 Å². The number of ether oxygens (including phenoxy) is 1. The molecule has 0 fully saturated rings. The molecule has 0 bridgehead atoms. The summed E-state index contributed by atoms with van der Waals surface area (Å²) < 4.78 is 6.02. The van der Waals surface area contributed by atoms with Gasteiger partial charge in [-0.15, -0.1) is 0 Å². The van der Waals surface area contributed by atoms with E-state index in [-0.39, 0.29) is 0 Å². The highest BCUT2D eigenvalue weighted by atomic mass is 16.5. The van der Waals surface area contributed by atoms with E-state index < -0.39 is 0 Å². The zero-order valence-electron chi connectivity index (χ0n) is 17.0. The van der Waals surface area contributed by atoms with Crippen LogP contribution < -0.4 is 10.5 Å². The van der Waals surface area contributed by atoms with Crippen molar-refractivity contribution in [1.29, 1.82) is 0 Å². The summed E-state index contributed by atoms with van der Waals surface area (Å²) in [6, 6.07) is 4.29. The number of aryl methyl sites for hydroxylation is 2. The van der Waals surface area contributed by atoms with Crippen LogP contribution in [0.5, 0.6) is 5.75 Å². The van der Waals surface area contributed by atoms with Gasteiger partial charge in [0.25, 0.3) is 0 Å². The van der Waals surface area contributed by atoms with E-state index >= 15 is 0 Å². The van der Waals surface area contributed by atoms with Crippen molar-refractivity contribution in [2.45, 2.75) is 104 Å². The lowest BCUT2D eigenvalue weighted by molar-refractivity contribution is 0.300. The molecule has 1 rings (SSSR count). The minimum atomic E-state index is 0.598. The third-order valence-electron chi connectivity index (χ3n) is 5.00. The molecule has 0 saturated heterocycles. The summed E-state index contributed by atoms with van der Waals surface area (Å²) in [5.41, 5.74) is 9.33. The molecule has 0 aliphatic carbocycles. The Morgan fingerprint density at radius 1 is 0.720 bits per heavy atom. The third-order valence-corrected chi connectivity index (χ3v) is 5.00. The van der Waals surface area contributed by atoms with Crippen LogP contribution in [0.1, 0.15) is 101 Å². The van der Waals surface area contributed by atoms with Crippen LogP contribution in [0, 0.1) is 13.8 Å². The van der Waals surface area contributed by atoms with E-state index in [4.69, 9.17) is 10.5 Å². The Hall–Kier alpha value is -1.02. The van der Waals surface area contributed by atoms with Crippen LogP contribution in [0.25, 0.3) is 0 Å². The Balaban J connectivity index is 1.99. The van der Waals surface area contributed by atoms with Crippen molar-refractivity contribution in [2.24, 2.45) is 5.73 Å². The van der Waals surface area contributed by atoms with Gasteiger partial charge >= 0.3 is 0 Å². The second-order valence-electron chi connectivity index (χ2n) is 7.50. The summed E-state index contributed by atoms with van der Waals surface area (Å²) in [6.45, 7) is 7.94. The zero-order chi connectivity index (χ0) is 18.3. The smallest absolute Gasteiger partial charge is 0.125 e. The average Bonchev–Trinajstić information content (AvgIpc) is 2.60. The van der Waals surface area contributed by atoms with Crippen molar-refractivity contribution in [1.82, 2.24) is 0 Å². The van der Waals surface area contributed by atoms with E-state index in [1.54, 1.807) is 0 Å². The first-order valence-electron chi connectivity index (χ1n) is 10.6. The summed E-state index contributed by atoms with van der Waals surface area (Å²) in [5, 5.41) is 0. The highest BCUT2D eigenvalue weighted by Crippen LogP contribution is 2.25. The Labute approximate surface area is 156 Å². The molecule has 0 unspecified atom stereocenters. The quantitative estimate of drug-likeness (QED) is 0.352. The first-order chi connectivity index (χ1) is 12.2. The third kappa shape index (κ3) is 9.89. The van der Waals surface area contributed by atoms with Gasteiger partial charge in [0.05, 0.1) is 6.61 Å². The SMILES string of the molecule is CCCCCCCCCCCCCCOc1c(C)cc(CN)cc1C. The lowest BCUT2D eigenvalue weighted by atomic mass is 10.1. The molecule has 0 radical (unpaired) electrons. The molecular weight excluding hydrogens is 306 g/mol. The minimum Gasteiger partial charge on any atom is -0.493 e. The predicted molar refractivity (Wildman–Crippen MR) is 110 cm³/mol. The highest BCUT2D eigenvalue weighted by Gasteiger charge is 2.05. The van der Waals surface area contributed by atoms with Gasteiger partial charge in [0, 0.05) is 6.54 Å². The van der Waals surface area contributed by atoms with Gasteiger partial charge in [-0.05, 0) is 37.0 Å². The molecule has 0 amide bonds. The summed E-state index contributed by atoms with van der Waals surface area (Å²) in [6.07, 6.45) is 16.5. The minimum absolute atomic E-state index is 0.598. The fourth-order valence-corrected chi connectivity index (χ4v) is 3.50. The molecular formula is C23H41NO. The van der Waals surface area contributed by atoms with Gasteiger partial charge in [0.2, 0.25) is 0 Å². The van der Waals surface area contributed by atoms with Gasteiger partial charge in [-0.3, -0.25) is 0 Å². The molecule has 0 aliphatic rings. The Morgan fingerprint density at radius 2 is 1.16 bits per heavy atom. The second kappa shape index (κ2) is 14.2. The maximum atomic E-state index is 6.02. The van der Waals surface area contributed by atoms with Crippen molar-refractivity contribution in [3.8, 4) is 5.75 Å². The molecule has 0 aliphatic heterocycles. The van der Waals surface area contributed by atoms with E-state index in [2.05, 4.69) is 32.9 Å². The molecule has 0 saturated carbocycles. The lowest BCUT2D eigenvalue weighted by Crippen LogP contribution is -2.03. The van der Waals surface area contributed by atoms with Crippen LogP contribution in [0.15, 0.2) is 12.1 Å². The first kappa shape index (κ1) is 22.0. The van der Waals surface area contributed by atoms with Gasteiger partial charge in [-0.1, -0.05) is 89.7 Å². The predicted octanol–water partition coefficient (Wildman–Crippen LogP) is 6.84. The van der Waals surface area contributed by atoms with Gasteiger partial charge < -0.3 is 10.5 Å². The van der Waals surface area contributed by atoms with Crippen molar-refractivity contribution in [3.05, 3.63) is 28.8 Å². The van der Waals surface area contributed by atoms with Crippen molar-refractivity contribution >= 4 is 0 Å². The Kier molecular flexibility index (Phi) is 12.5. The number of hydrogen-bond donors (Lipinski definition) is 1. The Bertz CT molecular complexity index is 432. The standard InChI is InChI=1S/C23H41NO/c1-4-5-6-7-8-9-10-11-12-13-14-15-16-25-23-20(2)17-22(19-24)18-21(23)3/h17-18H,4-16,19,24H2,1-3H3. The van der Waals surface area contributed by atoms with Gasteiger partial charge in [-0.2, -0.15) is 0 Å². The monoisotopic (exact) mass is 347 g/mol. The summed E-state index contributed by atoms with van der Waals surface area (Å²) in [5.74, 6) is 1.06. The van der Waals surface area contributed by atoms with Crippen molar-refractivity contribution in [3.63, 3.8) is 0 Å². The average molecular weight is 348 g/mol. The van der Waals surface area contributed by atoms with Crippen LogP contribution in [-0.2, 0) is 6.54 Å². The molecule has 144 valence electrons. The maximum Gasteiger partial charge on any atom is 0.125 e. The van der Waals surface area contributed by atoms with Gasteiger partial charge in [-0.25, -0.2) is 0 Å². The zero-order valence-corrected chi connectivity index (χ0v) is 17.0. The van der Waals surface area contributed by atoms with Crippen LogP contribution in [-0.4, -0.2) is 6.61 Å². The summed E-state index contributed by atoms with van der Waals surface area (Å²) >= 11 is 0.